The van der Waals surface area contributed by atoms with Crippen molar-refractivity contribution in [3.05, 3.63) is 29.8 Å². The second kappa shape index (κ2) is 5.29. The molecular formula is C9H12FN3O. The molecular weight excluding hydrogens is 185 g/mol. The highest BCUT2D eigenvalue weighted by molar-refractivity contribution is 5.93. The topological polar surface area (TPSA) is 54.0 Å². The molecule has 1 heterocycles. The molecule has 0 aliphatic rings. The van der Waals surface area contributed by atoms with E-state index in [1.165, 1.54) is 12.3 Å². The second-order valence-corrected chi connectivity index (χ2v) is 2.73. The van der Waals surface area contributed by atoms with Crippen LogP contribution in [0.3, 0.4) is 0 Å². The van der Waals surface area contributed by atoms with E-state index >= 15 is 0 Å². The maximum absolute atomic E-state index is 12.4. The number of nitrogens with one attached hydrogen (secondary N) is 2. The average molecular weight is 197 g/mol. The standard InChI is InChI=1S/C9H12FN3O/c1-11-4-5-12-9(14)7-2-3-8(10)13-6-7/h2-3,6,11H,4-5H2,1H3,(H,12,14). The number of hydrogen-bond donors (Lipinski definition) is 2. The van der Waals surface area contributed by atoms with Gasteiger partial charge in [-0.3, -0.25) is 4.79 Å². The summed E-state index contributed by atoms with van der Waals surface area (Å²) in [5.74, 6) is -0.829. The fourth-order valence-corrected chi connectivity index (χ4v) is 0.913. The van der Waals surface area contributed by atoms with Crippen LogP contribution in [-0.4, -0.2) is 31.0 Å². The molecule has 0 aromatic carbocycles. The molecule has 1 aromatic rings. The Kier molecular flexibility index (Phi) is 4.00. The quantitative estimate of drug-likeness (QED) is 0.534. The second-order valence-electron chi connectivity index (χ2n) is 2.73. The number of carbonyl (C=O) groups excluding carboxylic acids is 1. The minimum absolute atomic E-state index is 0.243. The van der Waals surface area contributed by atoms with E-state index in [2.05, 4.69) is 15.6 Å². The third-order valence-corrected chi connectivity index (χ3v) is 1.65. The van der Waals surface area contributed by atoms with Gasteiger partial charge in [-0.15, -0.1) is 0 Å². The van der Waals surface area contributed by atoms with E-state index in [1.807, 2.05) is 0 Å². The zero-order valence-electron chi connectivity index (χ0n) is 7.88. The fourth-order valence-electron chi connectivity index (χ4n) is 0.913. The van der Waals surface area contributed by atoms with Gasteiger partial charge in [0.15, 0.2) is 0 Å². The van der Waals surface area contributed by atoms with Crippen molar-refractivity contribution in [1.29, 1.82) is 0 Å². The van der Waals surface area contributed by atoms with Crippen LogP contribution in [0.4, 0.5) is 4.39 Å². The minimum atomic E-state index is -0.586. The molecule has 0 saturated carbocycles. The smallest absolute Gasteiger partial charge is 0.252 e. The summed E-state index contributed by atoms with van der Waals surface area (Å²) in [5, 5.41) is 5.55. The molecule has 0 radical (unpaired) electrons. The third-order valence-electron chi connectivity index (χ3n) is 1.65. The van der Waals surface area contributed by atoms with Crippen molar-refractivity contribution in [3.63, 3.8) is 0 Å². The molecule has 0 unspecified atom stereocenters. The molecule has 0 spiro atoms. The van der Waals surface area contributed by atoms with Gasteiger partial charge in [-0.25, -0.2) is 4.98 Å². The normalized spacial score (nSPS) is 9.86. The number of likely N-dealkylation sites (N-methyl/N-ethyl adjacent to an activating group) is 1. The first kappa shape index (κ1) is 10.6. The van der Waals surface area contributed by atoms with E-state index < -0.39 is 5.95 Å². The molecule has 0 saturated heterocycles. The van der Waals surface area contributed by atoms with Crippen molar-refractivity contribution in [1.82, 2.24) is 15.6 Å². The van der Waals surface area contributed by atoms with Gasteiger partial charge in [-0.2, -0.15) is 4.39 Å². The van der Waals surface area contributed by atoms with Crippen LogP contribution in [-0.2, 0) is 0 Å². The summed E-state index contributed by atoms with van der Waals surface area (Å²) in [6.07, 6.45) is 1.21. The predicted octanol–water partition coefficient (Wildman–Crippen LogP) is 0.170. The summed E-state index contributed by atoms with van der Waals surface area (Å²) >= 11 is 0. The van der Waals surface area contributed by atoms with Crippen LogP contribution in [0.5, 0.6) is 0 Å². The van der Waals surface area contributed by atoms with E-state index in [0.717, 1.165) is 6.07 Å². The largest absolute Gasteiger partial charge is 0.351 e. The van der Waals surface area contributed by atoms with Gasteiger partial charge < -0.3 is 10.6 Å². The average Bonchev–Trinajstić information content (AvgIpc) is 2.19. The number of pyridine rings is 1. The lowest BCUT2D eigenvalue weighted by molar-refractivity contribution is 0.0953. The maximum Gasteiger partial charge on any atom is 0.252 e. The Morgan fingerprint density at radius 1 is 1.50 bits per heavy atom. The first-order valence-electron chi connectivity index (χ1n) is 4.28. The van der Waals surface area contributed by atoms with Crippen LogP contribution in [0.15, 0.2) is 18.3 Å². The van der Waals surface area contributed by atoms with Crippen LogP contribution < -0.4 is 10.6 Å². The van der Waals surface area contributed by atoms with Gasteiger partial charge in [0.2, 0.25) is 5.95 Å². The van der Waals surface area contributed by atoms with E-state index in [9.17, 15) is 9.18 Å². The summed E-state index contributed by atoms with van der Waals surface area (Å²) in [4.78, 5) is 14.7. The monoisotopic (exact) mass is 197 g/mol. The predicted molar refractivity (Wildman–Crippen MR) is 50.5 cm³/mol. The van der Waals surface area contributed by atoms with Gasteiger partial charge in [0, 0.05) is 19.3 Å². The Bertz CT molecular complexity index is 299. The maximum atomic E-state index is 12.4. The zero-order valence-corrected chi connectivity index (χ0v) is 7.88. The number of hydrogen-bond acceptors (Lipinski definition) is 3. The summed E-state index contributed by atoms with van der Waals surface area (Å²) in [7, 11) is 1.80. The third kappa shape index (κ3) is 3.10. The molecule has 0 atom stereocenters. The Balaban J connectivity index is 2.48. The molecule has 2 N–H and O–H groups in total. The van der Waals surface area contributed by atoms with Gasteiger partial charge in [0.1, 0.15) is 0 Å². The SMILES string of the molecule is CNCCNC(=O)c1ccc(F)nc1. The highest BCUT2D eigenvalue weighted by Crippen LogP contribution is 1.98. The molecule has 0 aliphatic carbocycles. The number of amides is 1. The number of rotatable bonds is 4. The first-order chi connectivity index (χ1) is 6.74. The molecule has 1 amide bonds. The molecule has 1 rings (SSSR count). The van der Waals surface area contributed by atoms with Crippen molar-refractivity contribution in [2.45, 2.75) is 0 Å². The Hall–Kier alpha value is -1.49. The summed E-state index contributed by atoms with van der Waals surface area (Å²) < 4.78 is 12.4. The Morgan fingerprint density at radius 2 is 2.29 bits per heavy atom. The van der Waals surface area contributed by atoms with Crippen molar-refractivity contribution >= 4 is 5.91 Å². The van der Waals surface area contributed by atoms with Crippen LogP contribution in [0.25, 0.3) is 0 Å². The number of nitrogens with zero attached hydrogens (tertiary/aromatic N) is 1. The van der Waals surface area contributed by atoms with Gasteiger partial charge in [-0.1, -0.05) is 0 Å². The first-order valence-corrected chi connectivity index (χ1v) is 4.28. The molecule has 0 aliphatic heterocycles. The Morgan fingerprint density at radius 3 is 2.86 bits per heavy atom. The molecule has 1 aromatic heterocycles. The number of aromatic nitrogens is 1. The van der Waals surface area contributed by atoms with Crippen LogP contribution >= 0.6 is 0 Å². The summed E-state index contributed by atoms with van der Waals surface area (Å²) in [6, 6.07) is 2.56. The molecule has 4 nitrogen and oxygen atoms in total. The van der Waals surface area contributed by atoms with E-state index in [-0.39, 0.29) is 5.91 Å². The molecule has 0 bridgehead atoms. The fraction of sp³-hybridized carbons (Fsp3) is 0.333. The number of halogens is 1. The highest BCUT2D eigenvalue weighted by atomic mass is 19.1. The van der Waals surface area contributed by atoms with E-state index in [4.69, 9.17) is 0 Å². The lowest BCUT2D eigenvalue weighted by Crippen LogP contribution is -2.30. The molecule has 0 fully saturated rings. The van der Waals surface area contributed by atoms with Gasteiger partial charge in [0.05, 0.1) is 5.56 Å². The van der Waals surface area contributed by atoms with E-state index in [1.54, 1.807) is 7.05 Å². The Labute approximate surface area is 81.5 Å². The zero-order chi connectivity index (χ0) is 10.4. The highest BCUT2D eigenvalue weighted by Gasteiger charge is 2.04. The number of carbonyl (C=O) groups is 1. The molecule has 5 heteroatoms. The van der Waals surface area contributed by atoms with Crippen molar-refractivity contribution in [2.24, 2.45) is 0 Å². The molecule has 76 valence electrons. The minimum Gasteiger partial charge on any atom is -0.351 e. The van der Waals surface area contributed by atoms with Gasteiger partial charge >= 0.3 is 0 Å². The lowest BCUT2D eigenvalue weighted by atomic mass is 10.3. The summed E-state index contributed by atoms with van der Waals surface area (Å²) in [6.45, 7) is 1.23. The van der Waals surface area contributed by atoms with Crippen molar-refractivity contribution < 1.29 is 9.18 Å². The van der Waals surface area contributed by atoms with Crippen LogP contribution in [0.2, 0.25) is 0 Å². The van der Waals surface area contributed by atoms with Gasteiger partial charge in [0.25, 0.3) is 5.91 Å². The lowest BCUT2D eigenvalue weighted by Gasteiger charge is -2.03. The van der Waals surface area contributed by atoms with Crippen LogP contribution in [0.1, 0.15) is 10.4 Å². The molecule has 14 heavy (non-hydrogen) atoms. The van der Waals surface area contributed by atoms with Crippen molar-refractivity contribution in [3.8, 4) is 0 Å². The van der Waals surface area contributed by atoms with Crippen molar-refractivity contribution in [2.75, 3.05) is 20.1 Å². The van der Waals surface area contributed by atoms with Crippen LogP contribution in [0, 0.1) is 5.95 Å². The van der Waals surface area contributed by atoms with Gasteiger partial charge in [-0.05, 0) is 19.2 Å². The van der Waals surface area contributed by atoms with E-state index in [0.29, 0.717) is 18.7 Å². The summed E-state index contributed by atoms with van der Waals surface area (Å²) in [5.41, 5.74) is 0.363.